The summed E-state index contributed by atoms with van der Waals surface area (Å²) in [7, 11) is 3.18. The van der Waals surface area contributed by atoms with Crippen molar-refractivity contribution in [1.29, 1.82) is 0 Å². The summed E-state index contributed by atoms with van der Waals surface area (Å²) in [6.07, 6.45) is 7.47. The Morgan fingerprint density at radius 1 is 0.920 bits per heavy atom. The monoisotopic (exact) mass is 682 g/mol. The Hall–Kier alpha value is -5.56. The number of carbonyl (C=O) groups excluding carboxylic acids is 1. The smallest absolute Gasteiger partial charge is 0.408 e. The molecule has 5 rings (SSSR count). The van der Waals surface area contributed by atoms with E-state index in [0.717, 1.165) is 48.1 Å². The molecule has 0 aliphatic heterocycles. The van der Waals surface area contributed by atoms with E-state index in [1.165, 1.54) is 0 Å². The molecule has 0 fully saturated rings. The Bertz CT molecular complexity index is 1900. The van der Waals surface area contributed by atoms with Crippen molar-refractivity contribution < 1.29 is 24.1 Å². The summed E-state index contributed by atoms with van der Waals surface area (Å²) in [5, 5.41) is 23.6. The lowest BCUT2D eigenvalue weighted by atomic mass is 10.0. The summed E-state index contributed by atoms with van der Waals surface area (Å²) in [5.74, 6) is 1.17. The summed E-state index contributed by atoms with van der Waals surface area (Å²) in [6.45, 7) is 5.58. The van der Waals surface area contributed by atoms with E-state index < -0.39 is 12.3 Å². The molecule has 5 aromatic rings. The number of methoxy groups -OCH3 is 2. The van der Waals surface area contributed by atoms with Gasteiger partial charge < -0.3 is 41.0 Å². The van der Waals surface area contributed by atoms with Crippen molar-refractivity contribution in [3.8, 4) is 33.9 Å². The van der Waals surface area contributed by atoms with Crippen LogP contribution in [0.1, 0.15) is 52.6 Å². The number of nitrogens with one attached hydrogen (secondary N) is 3. The lowest BCUT2D eigenvalue weighted by Crippen LogP contribution is -2.39. The molecular weight excluding hydrogens is 636 g/mol. The van der Waals surface area contributed by atoms with Crippen molar-refractivity contribution in [2.45, 2.75) is 64.9 Å². The molecule has 0 bridgehead atoms. The van der Waals surface area contributed by atoms with Gasteiger partial charge in [-0.1, -0.05) is 24.6 Å². The van der Waals surface area contributed by atoms with Crippen LogP contribution in [0.4, 0.5) is 21.9 Å². The second-order valence-electron chi connectivity index (χ2n) is 12.2. The molecule has 0 saturated heterocycles. The fourth-order valence-corrected chi connectivity index (χ4v) is 5.63. The van der Waals surface area contributed by atoms with Gasteiger partial charge in [-0.05, 0) is 69.9 Å². The predicted octanol–water partition coefficient (Wildman–Crippen LogP) is 6.82. The van der Waals surface area contributed by atoms with Gasteiger partial charge in [0.25, 0.3) is 0 Å². The van der Waals surface area contributed by atoms with Crippen LogP contribution in [0.2, 0.25) is 0 Å². The molecule has 3 aromatic carbocycles. The lowest BCUT2D eigenvalue weighted by molar-refractivity contribution is 0.113. The molecule has 0 radical (unpaired) electrons. The molecule has 1 amide bonds. The quantitative estimate of drug-likeness (QED) is 0.0420. The molecule has 13 nitrogen and oxygen atoms in total. The van der Waals surface area contributed by atoms with Crippen molar-refractivity contribution in [3.63, 3.8) is 0 Å². The zero-order valence-electron chi connectivity index (χ0n) is 29.1. The SMILES string of the molecule is COc1cc(NC(C)NC(=O)OC(C)C)c(-c2ccc3nc(-c4cnn(C(CCCCCO)Nc5ccccc5N)c4)cnc3c2)c(OC)c1. The van der Waals surface area contributed by atoms with E-state index in [4.69, 9.17) is 29.9 Å². The number of nitrogen functional groups attached to an aromatic ring is 1. The van der Waals surface area contributed by atoms with Gasteiger partial charge in [0.1, 0.15) is 17.7 Å². The van der Waals surface area contributed by atoms with Gasteiger partial charge >= 0.3 is 6.09 Å². The minimum Gasteiger partial charge on any atom is -0.497 e. The van der Waals surface area contributed by atoms with Crippen LogP contribution in [-0.4, -0.2) is 64.0 Å². The van der Waals surface area contributed by atoms with E-state index in [0.29, 0.717) is 39.6 Å². The number of amides is 1. The Morgan fingerprint density at radius 2 is 1.74 bits per heavy atom. The summed E-state index contributed by atoms with van der Waals surface area (Å²) >= 11 is 0. The van der Waals surface area contributed by atoms with Crippen LogP contribution in [0.25, 0.3) is 33.4 Å². The number of hydrogen-bond acceptors (Lipinski definition) is 11. The second-order valence-corrected chi connectivity index (χ2v) is 12.2. The zero-order chi connectivity index (χ0) is 35.6. The van der Waals surface area contributed by atoms with Crippen molar-refractivity contribution in [3.05, 3.63) is 73.2 Å². The third-order valence-corrected chi connectivity index (χ3v) is 8.05. The van der Waals surface area contributed by atoms with Crippen LogP contribution in [0.5, 0.6) is 11.5 Å². The fourth-order valence-electron chi connectivity index (χ4n) is 5.63. The Labute approximate surface area is 292 Å². The molecule has 0 saturated carbocycles. The number of anilines is 3. The van der Waals surface area contributed by atoms with Crippen LogP contribution < -0.4 is 31.2 Å². The molecule has 0 aliphatic carbocycles. The number of nitrogens with two attached hydrogens (primary N) is 1. The molecule has 13 heteroatoms. The number of aliphatic hydroxyl groups excluding tert-OH is 1. The number of unbranched alkanes of at least 4 members (excludes halogenated alkanes) is 2. The Morgan fingerprint density at radius 3 is 2.48 bits per heavy atom. The van der Waals surface area contributed by atoms with Gasteiger partial charge in [0.2, 0.25) is 0 Å². The number of alkyl carbamates (subject to hydrolysis) is 1. The number of nitrogens with zero attached hydrogens (tertiary/aromatic N) is 4. The molecule has 2 atom stereocenters. The van der Waals surface area contributed by atoms with Gasteiger partial charge in [-0.25, -0.2) is 14.5 Å². The van der Waals surface area contributed by atoms with Gasteiger partial charge in [-0.2, -0.15) is 5.10 Å². The summed E-state index contributed by atoms with van der Waals surface area (Å²) in [5.41, 5.74) is 12.9. The number of carbonyl (C=O) groups is 1. The predicted molar refractivity (Wildman–Crippen MR) is 196 cm³/mol. The standard InChI is InChI=1S/C37H46N8O5/c1-23(2)50-37(47)42-24(3)41-32-18-27(48-4)19-34(49-5)36(32)25-14-15-30-31(17-25)39-21-33(43-30)26-20-40-45(22-26)35(13-7-6-10-16-46)44-29-12-9-8-11-28(29)38/h8-9,11-12,14-15,17-24,35,41,44,46H,6-7,10,13,16,38H2,1-5H3,(H,42,47). The van der Waals surface area contributed by atoms with E-state index >= 15 is 0 Å². The highest BCUT2D eigenvalue weighted by Crippen LogP contribution is 2.41. The number of hydrogen-bond donors (Lipinski definition) is 5. The van der Waals surface area contributed by atoms with E-state index in [2.05, 4.69) is 21.0 Å². The first-order valence-corrected chi connectivity index (χ1v) is 16.7. The van der Waals surface area contributed by atoms with Crippen molar-refractivity contribution in [2.24, 2.45) is 0 Å². The number of aliphatic hydroxyl groups is 1. The number of fused-ring (bicyclic) bond motifs is 1. The highest BCUT2D eigenvalue weighted by Gasteiger charge is 2.19. The minimum absolute atomic E-state index is 0.149. The summed E-state index contributed by atoms with van der Waals surface area (Å²) in [4.78, 5) is 22.0. The number of rotatable bonds is 16. The highest BCUT2D eigenvalue weighted by molar-refractivity contribution is 5.90. The Kier molecular flexibility index (Phi) is 11.9. The average Bonchev–Trinajstić information content (AvgIpc) is 3.59. The Balaban J connectivity index is 1.42. The average molecular weight is 683 g/mol. The second kappa shape index (κ2) is 16.7. The van der Waals surface area contributed by atoms with Gasteiger partial charge in [-0.3, -0.25) is 4.98 Å². The number of ether oxygens (including phenoxy) is 3. The van der Waals surface area contributed by atoms with E-state index in [1.54, 1.807) is 40.5 Å². The zero-order valence-corrected chi connectivity index (χ0v) is 29.1. The highest BCUT2D eigenvalue weighted by atomic mass is 16.6. The maximum atomic E-state index is 12.3. The molecule has 264 valence electrons. The molecular formula is C37H46N8O5. The maximum Gasteiger partial charge on any atom is 0.408 e. The summed E-state index contributed by atoms with van der Waals surface area (Å²) < 4.78 is 18.4. The van der Waals surface area contributed by atoms with Gasteiger partial charge in [0.15, 0.2) is 0 Å². The molecule has 2 unspecified atom stereocenters. The molecule has 2 heterocycles. The third-order valence-electron chi connectivity index (χ3n) is 8.05. The minimum atomic E-state index is -0.524. The van der Waals surface area contributed by atoms with Crippen molar-refractivity contribution in [1.82, 2.24) is 25.1 Å². The van der Waals surface area contributed by atoms with Crippen LogP contribution in [0.3, 0.4) is 0 Å². The first-order chi connectivity index (χ1) is 24.2. The van der Waals surface area contributed by atoms with Gasteiger partial charge in [0, 0.05) is 36.1 Å². The molecule has 0 aliphatic rings. The van der Waals surface area contributed by atoms with E-state index in [1.807, 2.05) is 72.4 Å². The normalized spacial score (nSPS) is 12.4. The largest absolute Gasteiger partial charge is 0.497 e. The number of aromatic nitrogens is 4. The number of para-hydroxylation sites is 2. The summed E-state index contributed by atoms with van der Waals surface area (Å²) in [6, 6.07) is 17.1. The lowest BCUT2D eigenvalue weighted by Gasteiger charge is -2.22. The van der Waals surface area contributed by atoms with E-state index in [9.17, 15) is 9.90 Å². The molecule has 0 spiro atoms. The van der Waals surface area contributed by atoms with Crippen molar-refractivity contribution in [2.75, 3.05) is 37.2 Å². The maximum absolute atomic E-state index is 12.3. The van der Waals surface area contributed by atoms with Crippen molar-refractivity contribution >= 4 is 34.2 Å². The third kappa shape index (κ3) is 8.91. The van der Waals surface area contributed by atoms with Crippen LogP contribution in [-0.2, 0) is 4.74 Å². The topological polar surface area (TPSA) is 171 Å². The fraction of sp³-hybridized carbons (Fsp3) is 0.351. The first-order valence-electron chi connectivity index (χ1n) is 16.7. The molecule has 50 heavy (non-hydrogen) atoms. The van der Waals surface area contributed by atoms with Gasteiger partial charge in [0.05, 0.1) is 72.7 Å². The molecule has 6 N–H and O–H groups in total. The molecule has 2 aromatic heterocycles. The van der Waals surface area contributed by atoms with E-state index in [-0.39, 0.29) is 18.9 Å². The number of benzene rings is 3. The van der Waals surface area contributed by atoms with Crippen LogP contribution in [0.15, 0.2) is 73.2 Å². The van der Waals surface area contributed by atoms with Crippen LogP contribution in [0, 0.1) is 0 Å². The van der Waals surface area contributed by atoms with Gasteiger partial charge in [-0.15, -0.1) is 0 Å². The first kappa shape index (κ1) is 35.7. The van der Waals surface area contributed by atoms with Crippen LogP contribution >= 0.6 is 0 Å².